The third kappa shape index (κ3) is 4.08. The van der Waals surface area contributed by atoms with E-state index in [1.807, 2.05) is 0 Å². The second kappa shape index (κ2) is 10.1. The lowest BCUT2D eigenvalue weighted by molar-refractivity contribution is -0.148. The second-order valence-electron chi connectivity index (χ2n) is 12.2. The number of piperidine rings is 1. The number of methoxy groups -OCH3 is 1. The Balaban J connectivity index is 1.69. The number of hydrogen-bond acceptors (Lipinski definition) is 10. The molecule has 1 fully saturated rings. The van der Waals surface area contributed by atoms with Crippen molar-refractivity contribution in [1.82, 2.24) is 9.80 Å². The van der Waals surface area contributed by atoms with Gasteiger partial charge < -0.3 is 30.9 Å². The number of aliphatic hydroxyl groups is 3. The number of nitrogens with two attached hydrogens (primary N) is 1. The number of aromatic hydroxyl groups is 1. The molecule has 3 aliphatic carbocycles. The molecule has 1 saturated heterocycles. The van der Waals surface area contributed by atoms with Crippen LogP contribution in [0.2, 0.25) is 0 Å². The number of aliphatic hydroxyl groups excluding tert-OH is 2. The number of likely N-dealkylation sites (tertiary alicyclic amines) is 1. The van der Waals surface area contributed by atoms with Crippen LogP contribution in [0.15, 0.2) is 28.7 Å². The maximum atomic E-state index is 14.0. The lowest BCUT2D eigenvalue weighted by Gasteiger charge is -2.50. The van der Waals surface area contributed by atoms with Crippen molar-refractivity contribution in [1.29, 1.82) is 0 Å². The number of phenolic OH excluding ortho intramolecular Hbond substituents is 1. The first-order valence-electron chi connectivity index (χ1n) is 14.1. The first-order valence-corrected chi connectivity index (χ1v) is 14.1. The molecule has 41 heavy (non-hydrogen) atoms. The molecular weight excluding hydrogens is 530 g/mol. The number of hydrogen-bond donors (Lipinski definition) is 5. The van der Waals surface area contributed by atoms with Crippen LogP contribution in [0.1, 0.15) is 67.1 Å². The molecule has 0 spiro atoms. The number of nitrogens with zero attached hydrogens (tertiary/aromatic N) is 2. The van der Waals surface area contributed by atoms with E-state index >= 15 is 0 Å². The van der Waals surface area contributed by atoms with Gasteiger partial charge in [-0.3, -0.25) is 24.2 Å². The Bertz CT molecular complexity index is 1400. The monoisotopic (exact) mass is 569 g/mol. The molecule has 11 heteroatoms. The number of ether oxygens (including phenoxy) is 1. The number of fused-ring (bicyclic) bond motifs is 3. The molecule has 0 saturated carbocycles. The number of carbonyl (C=O) groups excluding carboxylic acids is 3. The summed E-state index contributed by atoms with van der Waals surface area (Å²) >= 11 is 0. The van der Waals surface area contributed by atoms with Crippen LogP contribution in [-0.4, -0.2) is 93.1 Å². The second-order valence-corrected chi connectivity index (χ2v) is 12.2. The number of Topliss-reactive ketones (excluding diaryl/α,β-unsaturated/α-hetero) is 2. The average molecular weight is 570 g/mol. The van der Waals surface area contributed by atoms with Gasteiger partial charge in [-0.15, -0.1) is 0 Å². The van der Waals surface area contributed by atoms with E-state index in [9.17, 15) is 34.8 Å². The minimum atomic E-state index is -2.66. The zero-order chi connectivity index (χ0) is 30.1. The lowest BCUT2D eigenvalue weighted by Crippen LogP contribution is -2.63. The van der Waals surface area contributed by atoms with Crippen molar-refractivity contribution in [3.63, 3.8) is 0 Å². The Labute approximate surface area is 238 Å². The maximum Gasteiger partial charge on any atom is 0.255 e. The molecule has 1 aromatic carbocycles. The van der Waals surface area contributed by atoms with E-state index in [-0.39, 0.29) is 41.8 Å². The van der Waals surface area contributed by atoms with Crippen molar-refractivity contribution in [3.05, 3.63) is 45.4 Å². The van der Waals surface area contributed by atoms with Crippen molar-refractivity contribution in [3.8, 4) is 11.5 Å². The molecule has 6 N–H and O–H groups in total. The number of amides is 1. The van der Waals surface area contributed by atoms with Gasteiger partial charge in [-0.05, 0) is 72.2 Å². The molecule has 1 amide bonds. The van der Waals surface area contributed by atoms with Crippen LogP contribution >= 0.6 is 0 Å². The number of allylic oxidation sites excluding steroid dienone is 1. The van der Waals surface area contributed by atoms with Gasteiger partial charge >= 0.3 is 0 Å². The van der Waals surface area contributed by atoms with E-state index < -0.39 is 58.0 Å². The van der Waals surface area contributed by atoms with Crippen LogP contribution < -0.4 is 10.5 Å². The quantitative estimate of drug-likeness (QED) is 0.330. The van der Waals surface area contributed by atoms with Crippen LogP contribution in [0, 0.1) is 11.8 Å². The van der Waals surface area contributed by atoms with Crippen molar-refractivity contribution in [2.24, 2.45) is 17.6 Å². The van der Waals surface area contributed by atoms with Crippen molar-refractivity contribution in [2.75, 3.05) is 27.7 Å². The molecule has 5 rings (SSSR count). The van der Waals surface area contributed by atoms with E-state index in [0.29, 0.717) is 11.3 Å². The topological polar surface area (TPSA) is 174 Å². The minimum Gasteiger partial charge on any atom is -0.510 e. The summed E-state index contributed by atoms with van der Waals surface area (Å²) in [4.78, 5) is 43.5. The number of benzene rings is 1. The summed E-state index contributed by atoms with van der Waals surface area (Å²) in [6.45, 7) is 5.14. The Morgan fingerprint density at radius 1 is 1.20 bits per heavy atom. The molecule has 1 aliphatic heterocycles. The first-order chi connectivity index (χ1) is 19.3. The molecule has 1 unspecified atom stereocenters. The molecule has 4 aliphatic rings. The summed E-state index contributed by atoms with van der Waals surface area (Å²) in [7, 11) is 4.73. The molecule has 1 heterocycles. The molecule has 5 atom stereocenters. The fourth-order valence-electron chi connectivity index (χ4n) is 7.72. The highest BCUT2D eigenvalue weighted by Crippen LogP contribution is 2.54. The number of rotatable bonds is 5. The number of carbonyl (C=O) groups is 3. The van der Waals surface area contributed by atoms with E-state index in [1.54, 1.807) is 20.2 Å². The fourth-order valence-corrected chi connectivity index (χ4v) is 7.72. The summed E-state index contributed by atoms with van der Waals surface area (Å²) in [5.74, 6) is -6.19. The van der Waals surface area contributed by atoms with E-state index in [0.717, 1.165) is 31.4 Å². The lowest BCUT2D eigenvalue weighted by atomic mass is 9.58. The number of primary amides is 1. The summed E-state index contributed by atoms with van der Waals surface area (Å²) in [6, 6.07) is 0.753. The van der Waals surface area contributed by atoms with Gasteiger partial charge in [0.15, 0.2) is 11.4 Å². The summed E-state index contributed by atoms with van der Waals surface area (Å²) < 4.78 is 5.92. The van der Waals surface area contributed by atoms with Gasteiger partial charge in [-0.25, -0.2) is 0 Å². The Morgan fingerprint density at radius 2 is 1.88 bits per heavy atom. The van der Waals surface area contributed by atoms with Crippen LogP contribution in [0.25, 0.3) is 0 Å². The molecular formula is C30H39N3O8. The molecule has 0 radical (unpaired) electrons. The average Bonchev–Trinajstić information content (AvgIpc) is 2.90. The summed E-state index contributed by atoms with van der Waals surface area (Å²) in [5, 5.41) is 45.4. The van der Waals surface area contributed by atoms with Crippen molar-refractivity contribution in [2.45, 2.75) is 69.7 Å². The predicted octanol–water partition coefficient (Wildman–Crippen LogP) is 2.06. The molecule has 1 aromatic rings. The Morgan fingerprint density at radius 3 is 2.46 bits per heavy atom. The minimum absolute atomic E-state index is 0.0183. The third-order valence-electron chi connectivity index (χ3n) is 9.47. The van der Waals surface area contributed by atoms with Crippen LogP contribution in [-0.2, 0) is 16.0 Å². The molecule has 11 nitrogen and oxygen atoms in total. The van der Waals surface area contributed by atoms with Gasteiger partial charge in [0.2, 0.25) is 5.78 Å². The maximum absolute atomic E-state index is 14.0. The van der Waals surface area contributed by atoms with Gasteiger partial charge in [-0.1, -0.05) is 6.42 Å². The van der Waals surface area contributed by atoms with E-state index in [1.165, 1.54) is 12.0 Å². The molecule has 0 bridgehead atoms. The van der Waals surface area contributed by atoms with Crippen LogP contribution in [0.4, 0.5) is 0 Å². The number of ketones is 2. The zero-order valence-corrected chi connectivity index (χ0v) is 24.1. The SMILES string of the molecule is COc1c(C2CCCCN2C(C)C)cc(O)c2c1C[C@H]1C[C@H]3[C@H](N(C)C)C(O)=C(C(N)=O)C(=O)[C@@]3(O)C(O)=C1C2=O. The van der Waals surface area contributed by atoms with Gasteiger partial charge in [0.1, 0.15) is 28.6 Å². The Kier molecular flexibility index (Phi) is 7.20. The van der Waals surface area contributed by atoms with Gasteiger partial charge in [0.05, 0.1) is 18.7 Å². The fraction of sp³-hybridized carbons (Fsp3) is 0.567. The zero-order valence-electron chi connectivity index (χ0n) is 24.1. The largest absolute Gasteiger partial charge is 0.510 e. The normalized spacial score (nSPS) is 30.4. The highest BCUT2D eigenvalue weighted by molar-refractivity contribution is 6.24. The highest BCUT2D eigenvalue weighted by atomic mass is 16.5. The first kappa shape index (κ1) is 29.1. The predicted molar refractivity (Wildman–Crippen MR) is 149 cm³/mol. The number of phenols is 1. The van der Waals surface area contributed by atoms with Gasteiger partial charge in [-0.2, -0.15) is 0 Å². The summed E-state index contributed by atoms with van der Waals surface area (Å²) in [5.41, 5.74) is 2.98. The van der Waals surface area contributed by atoms with Crippen molar-refractivity contribution >= 4 is 17.5 Å². The van der Waals surface area contributed by atoms with Crippen LogP contribution in [0.5, 0.6) is 11.5 Å². The van der Waals surface area contributed by atoms with Gasteiger partial charge in [0.25, 0.3) is 5.91 Å². The summed E-state index contributed by atoms with van der Waals surface area (Å²) in [6.07, 6.45) is 3.17. The van der Waals surface area contributed by atoms with Crippen molar-refractivity contribution < 1.29 is 39.5 Å². The highest BCUT2D eigenvalue weighted by Gasteiger charge is 2.63. The van der Waals surface area contributed by atoms with E-state index in [4.69, 9.17) is 10.5 Å². The number of likely N-dealkylation sites (N-methyl/N-ethyl adjacent to an activating group) is 1. The Hall–Kier alpha value is -3.41. The molecule has 0 aromatic heterocycles. The third-order valence-corrected chi connectivity index (χ3v) is 9.47. The standard InChI is InChI=1S/C30H39N3O8/c1-13(2)33-9-7-6-8-18(33)15-12-19(34)21-16(26(15)41-5)10-14-11-17-23(32(3)4)25(36)22(29(31)39)28(38)30(17,40)27(37)20(14)24(21)35/h12-14,17-18,23,34,36-37,40H,6-11H2,1-5H3,(H2,31,39)/t14-,17-,18?,23-,30-/m0/s1. The van der Waals surface area contributed by atoms with E-state index in [2.05, 4.69) is 18.7 Å². The van der Waals surface area contributed by atoms with Gasteiger partial charge in [0, 0.05) is 34.7 Å². The smallest absolute Gasteiger partial charge is 0.255 e. The van der Waals surface area contributed by atoms with Crippen LogP contribution in [0.3, 0.4) is 0 Å². The molecule has 222 valence electrons.